The summed E-state index contributed by atoms with van der Waals surface area (Å²) in [5, 5.41) is 3.45. The van der Waals surface area contributed by atoms with E-state index >= 15 is 0 Å². The van der Waals surface area contributed by atoms with Crippen molar-refractivity contribution in [3.63, 3.8) is 0 Å². The Morgan fingerprint density at radius 1 is 1.06 bits per heavy atom. The summed E-state index contributed by atoms with van der Waals surface area (Å²) in [6, 6.07) is 0.565. The summed E-state index contributed by atoms with van der Waals surface area (Å²) in [5.74, 6) is 0.997. The van der Waals surface area contributed by atoms with E-state index < -0.39 is 0 Å². The number of hydrogen-bond donors (Lipinski definition) is 1. The van der Waals surface area contributed by atoms with Gasteiger partial charge in [0.25, 0.3) is 0 Å². The van der Waals surface area contributed by atoms with Gasteiger partial charge < -0.3 is 5.32 Å². The first kappa shape index (κ1) is 15.1. The molecular weight excluding hydrogens is 222 g/mol. The molecule has 0 aliphatic carbocycles. The van der Waals surface area contributed by atoms with Gasteiger partial charge in [-0.3, -0.25) is 0 Å². The lowest BCUT2D eigenvalue weighted by Crippen LogP contribution is -2.24. The molecule has 0 aliphatic heterocycles. The molecule has 102 valence electrons. The summed E-state index contributed by atoms with van der Waals surface area (Å²) in [4.78, 5) is 9.21. The molecule has 0 amide bonds. The van der Waals surface area contributed by atoms with Gasteiger partial charge in [0, 0.05) is 23.9 Å². The standard InChI is InChI=1S/C15H27N3/c1-6-8-15-17-12(4)14(13(5)18-15)9-7-10-16-11(2)3/h11,16H,6-10H2,1-5H3. The predicted molar refractivity (Wildman–Crippen MR) is 77.0 cm³/mol. The van der Waals surface area contributed by atoms with Crippen LogP contribution in [0.3, 0.4) is 0 Å². The SMILES string of the molecule is CCCc1nc(C)c(CCCNC(C)C)c(C)n1. The van der Waals surface area contributed by atoms with E-state index in [0.29, 0.717) is 6.04 Å². The normalized spacial score (nSPS) is 11.2. The Bertz CT molecular complexity index is 349. The number of hydrogen-bond acceptors (Lipinski definition) is 3. The third kappa shape index (κ3) is 4.73. The highest BCUT2D eigenvalue weighted by Gasteiger charge is 2.07. The van der Waals surface area contributed by atoms with Crippen molar-refractivity contribution < 1.29 is 0 Å². The first-order chi connectivity index (χ1) is 8.54. The Morgan fingerprint density at radius 3 is 2.17 bits per heavy atom. The molecule has 3 heteroatoms. The van der Waals surface area contributed by atoms with Crippen molar-refractivity contribution in [1.29, 1.82) is 0 Å². The molecule has 0 saturated heterocycles. The van der Waals surface area contributed by atoms with Gasteiger partial charge in [-0.25, -0.2) is 9.97 Å². The van der Waals surface area contributed by atoms with Crippen molar-refractivity contribution in [2.75, 3.05) is 6.54 Å². The maximum atomic E-state index is 4.61. The van der Waals surface area contributed by atoms with Gasteiger partial charge in [0.05, 0.1) is 0 Å². The molecule has 1 aromatic heterocycles. The van der Waals surface area contributed by atoms with Crippen LogP contribution in [0.4, 0.5) is 0 Å². The highest BCUT2D eigenvalue weighted by molar-refractivity contribution is 5.24. The lowest BCUT2D eigenvalue weighted by Gasteiger charge is -2.12. The zero-order valence-electron chi connectivity index (χ0n) is 12.5. The Balaban J connectivity index is 2.60. The fourth-order valence-electron chi connectivity index (χ4n) is 2.16. The fourth-order valence-corrected chi connectivity index (χ4v) is 2.16. The monoisotopic (exact) mass is 249 g/mol. The summed E-state index contributed by atoms with van der Waals surface area (Å²) in [7, 11) is 0. The molecule has 18 heavy (non-hydrogen) atoms. The van der Waals surface area contributed by atoms with Gasteiger partial charge in [-0.2, -0.15) is 0 Å². The Labute approximate surface area is 111 Å². The Morgan fingerprint density at radius 2 is 1.67 bits per heavy atom. The minimum Gasteiger partial charge on any atom is -0.315 e. The molecule has 0 atom stereocenters. The van der Waals surface area contributed by atoms with Crippen LogP contribution in [0.2, 0.25) is 0 Å². The van der Waals surface area contributed by atoms with Crippen LogP contribution >= 0.6 is 0 Å². The molecule has 1 N–H and O–H groups in total. The second kappa shape index (κ2) is 7.47. The number of rotatable bonds is 7. The summed E-state index contributed by atoms with van der Waals surface area (Å²) in [5.41, 5.74) is 3.66. The highest BCUT2D eigenvalue weighted by Crippen LogP contribution is 2.13. The maximum absolute atomic E-state index is 4.61. The van der Waals surface area contributed by atoms with Crippen molar-refractivity contribution in [2.24, 2.45) is 0 Å². The van der Waals surface area contributed by atoms with Crippen LogP contribution < -0.4 is 5.32 Å². The molecule has 0 radical (unpaired) electrons. The fraction of sp³-hybridized carbons (Fsp3) is 0.733. The van der Waals surface area contributed by atoms with Crippen molar-refractivity contribution in [3.8, 4) is 0 Å². The average Bonchev–Trinajstić information content (AvgIpc) is 2.27. The van der Waals surface area contributed by atoms with E-state index in [1.807, 2.05) is 0 Å². The van der Waals surface area contributed by atoms with Crippen molar-refractivity contribution in [2.45, 2.75) is 66.3 Å². The molecule has 3 nitrogen and oxygen atoms in total. The topological polar surface area (TPSA) is 37.8 Å². The summed E-state index contributed by atoms with van der Waals surface area (Å²) < 4.78 is 0. The predicted octanol–water partition coefficient (Wildman–Crippen LogP) is 2.98. The summed E-state index contributed by atoms with van der Waals surface area (Å²) >= 11 is 0. The number of aryl methyl sites for hydroxylation is 3. The van der Waals surface area contributed by atoms with E-state index in [4.69, 9.17) is 0 Å². The smallest absolute Gasteiger partial charge is 0.128 e. The molecule has 0 bridgehead atoms. The minimum absolute atomic E-state index is 0.565. The van der Waals surface area contributed by atoms with Crippen molar-refractivity contribution in [1.82, 2.24) is 15.3 Å². The van der Waals surface area contributed by atoms with Gasteiger partial charge in [-0.05, 0) is 45.2 Å². The maximum Gasteiger partial charge on any atom is 0.128 e. The molecule has 0 spiro atoms. The lowest BCUT2D eigenvalue weighted by molar-refractivity contribution is 0.568. The van der Waals surface area contributed by atoms with Gasteiger partial charge in [-0.1, -0.05) is 20.8 Å². The van der Waals surface area contributed by atoms with Gasteiger partial charge >= 0.3 is 0 Å². The second-order valence-electron chi connectivity index (χ2n) is 5.25. The minimum atomic E-state index is 0.565. The van der Waals surface area contributed by atoms with Crippen LogP contribution in [0.25, 0.3) is 0 Å². The molecule has 1 aromatic rings. The molecule has 0 aromatic carbocycles. The van der Waals surface area contributed by atoms with Crippen LogP contribution in [0.5, 0.6) is 0 Å². The molecule has 1 heterocycles. The lowest BCUT2D eigenvalue weighted by atomic mass is 10.1. The summed E-state index contributed by atoms with van der Waals surface area (Å²) in [6.45, 7) is 11.8. The third-order valence-corrected chi connectivity index (χ3v) is 3.10. The largest absolute Gasteiger partial charge is 0.315 e. The van der Waals surface area contributed by atoms with Crippen LogP contribution in [0.1, 0.15) is 56.4 Å². The zero-order chi connectivity index (χ0) is 13.5. The molecule has 0 unspecified atom stereocenters. The molecule has 1 rings (SSSR count). The number of aromatic nitrogens is 2. The summed E-state index contributed by atoms with van der Waals surface area (Å²) in [6.07, 6.45) is 4.31. The van der Waals surface area contributed by atoms with E-state index in [-0.39, 0.29) is 0 Å². The second-order valence-corrected chi connectivity index (χ2v) is 5.25. The van der Waals surface area contributed by atoms with E-state index in [1.54, 1.807) is 0 Å². The van der Waals surface area contributed by atoms with Crippen LogP contribution in [0, 0.1) is 13.8 Å². The first-order valence-electron chi connectivity index (χ1n) is 7.11. The Hall–Kier alpha value is -0.960. The zero-order valence-corrected chi connectivity index (χ0v) is 12.5. The van der Waals surface area contributed by atoms with Crippen molar-refractivity contribution in [3.05, 3.63) is 22.8 Å². The van der Waals surface area contributed by atoms with E-state index in [9.17, 15) is 0 Å². The van der Waals surface area contributed by atoms with E-state index in [1.165, 1.54) is 5.56 Å². The first-order valence-corrected chi connectivity index (χ1v) is 7.11. The molecule has 0 saturated carbocycles. The van der Waals surface area contributed by atoms with Gasteiger partial charge in [0.2, 0.25) is 0 Å². The molecule has 0 aliphatic rings. The van der Waals surface area contributed by atoms with Crippen LogP contribution in [-0.2, 0) is 12.8 Å². The van der Waals surface area contributed by atoms with E-state index in [0.717, 1.165) is 49.4 Å². The number of nitrogens with zero attached hydrogens (tertiary/aromatic N) is 2. The molecular formula is C15H27N3. The average molecular weight is 249 g/mol. The van der Waals surface area contributed by atoms with Gasteiger partial charge in [0.15, 0.2) is 0 Å². The van der Waals surface area contributed by atoms with Crippen LogP contribution in [0.15, 0.2) is 0 Å². The van der Waals surface area contributed by atoms with E-state index in [2.05, 4.69) is 49.9 Å². The van der Waals surface area contributed by atoms with Crippen LogP contribution in [-0.4, -0.2) is 22.6 Å². The Kier molecular flexibility index (Phi) is 6.27. The van der Waals surface area contributed by atoms with Gasteiger partial charge in [0.1, 0.15) is 5.82 Å². The van der Waals surface area contributed by atoms with Gasteiger partial charge in [-0.15, -0.1) is 0 Å². The third-order valence-electron chi connectivity index (χ3n) is 3.10. The number of nitrogens with one attached hydrogen (secondary N) is 1. The highest BCUT2D eigenvalue weighted by atomic mass is 14.9. The quantitative estimate of drug-likeness (QED) is 0.755. The van der Waals surface area contributed by atoms with Crippen molar-refractivity contribution >= 4 is 0 Å². The molecule has 0 fully saturated rings.